The van der Waals surface area contributed by atoms with Crippen molar-refractivity contribution < 1.29 is 5.11 Å². The quantitative estimate of drug-likeness (QED) is 0.687. The summed E-state index contributed by atoms with van der Waals surface area (Å²) in [4.78, 5) is 0. The van der Waals surface area contributed by atoms with Gasteiger partial charge in [0.2, 0.25) is 0 Å². The number of hydrogen-bond donors (Lipinski definition) is 1. The molecule has 0 saturated carbocycles. The first kappa shape index (κ1) is 10.1. The van der Waals surface area contributed by atoms with E-state index in [0.717, 1.165) is 25.9 Å². The topological polar surface area (TPSA) is 34.3 Å². The van der Waals surface area contributed by atoms with Crippen LogP contribution in [0.25, 0.3) is 0 Å². The van der Waals surface area contributed by atoms with Crippen LogP contribution in [0.15, 0.2) is 24.3 Å². The lowest BCUT2D eigenvalue weighted by Crippen LogP contribution is -2.09. The number of hydrogen-bond acceptors (Lipinski definition) is 1. The van der Waals surface area contributed by atoms with E-state index in [1.165, 1.54) is 5.56 Å². The van der Waals surface area contributed by atoms with E-state index in [2.05, 4.69) is 12.2 Å². The van der Waals surface area contributed by atoms with Gasteiger partial charge in [0.25, 0.3) is 0 Å². The maximum atomic E-state index is 9.04. The molecule has 0 saturated heterocycles. The van der Waals surface area contributed by atoms with Crippen molar-refractivity contribution in [2.45, 2.75) is 19.8 Å². The average molecular weight is 178 g/mol. The number of benzene rings is 1. The number of aromatic hydroxyl groups is 1. The third-order valence-corrected chi connectivity index (χ3v) is 1.88. The highest BCUT2D eigenvalue weighted by molar-refractivity contribution is 5.25. The Morgan fingerprint density at radius 3 is 2.46 bits per heavy atom. The van der Waals surface area contributed by atoms with Crippen LogP contribution in [-0.4, -0.2) is 18.2 Å². The lowest BCUT2D eigenvalue weighted by Gasteiger charge is -2.01. The van der Waals surface area contributed by atoms with Crippen molar-refractivity contribution in [3.05, 3.63) is 29.8 Å². The molecule has 2 nitrogen and oxygen atoms in total. The van der Waals surface area contributed by atoms with Gasteiger partial charge < -0.3 is 5.11 Å². The lowest BCUT2D eigenvalue weighted by molar-refractivity contribution is 0.475. The first-order chi connectivity index (χ1) is 6.33. The number of phenolic OH excluding ortho intramolecular Hbond substituents is 1. The molecule has 1 rings (SSSR count). The normalized spacial score (nSPS) is 10.2. The molecule has 0 aromatic heterocycles. The zero-order valence-corrected chi connectivity index (χ0v) is 8.03. The molecular weight excluding hydrogens is 162 g/mol. The summed E-state index contributed by atoms with van der Waals surface area (Å²) in [5.74, 6) is 0.328. The Hall–Kier alpha value is -1.02. The molecule has 13 heavy (non-hydrogen) atoms. The molecule has 0 heterocycles. The fourth-order valence-electron chi connectivity index (χ4n) is 1.14. The van der Waals surface area contributed by atoms with E-state index in [0.29, 0.717) is 5.75 Å². The monoisotopic (exact) mass is 178 g/mol. The molecule has 0 amide bonds. The fourth-order valence-corrected chi connectivity index (χ4v) is 1.14. The summed E-state index contributed by atoms with van der Waals surface area (Å²) in [6.07, 6.45) is 2.09. The maximum Gasteiger partial charge on any atom is 0.115 e. The van der Waals surface area contributed by atoms with Crippen LogP contribution in [-0.2, 0) is 6.42 Å². The summed E-state index contributed by atoms with van der Waals surface area (Å²) < 4.78 is 0. The molecule has 1 aromatic carbocycles. The lowest BCUT2D eigenvalue weighted by atomic mass is 10.1. The summed E-state index contributed by atoms with van der Waals surface area (Å²) >= 11 is 0. The Morgan fingerprint density at radius 1 is 1.15 bits per heavy atom. The molecule has 0 spiro atoms. The van der Waals surface area contributed by atoms with Gasteiger partial charge in [0, 0.05) is 13.1 Å². The number of phenols is 1. The van der Waals surface area contributed by atoms with Crippen LogP contribution in [0.4, 0.5) is 0 Å². The molecule has 71 valence electrons. The second-order valence-corrected chi connectivity index (χ2v) is 3.09. The highest BCUT2D eigenvalue weighted by Crippen LogP contribution is 2.09. The van der Waals surface area contributed by atoms with E-state index >= 15 is 0 Å². The number of nitrogens with zero attached hydrogens (tertiary/aromatic N) is 1. The Kier molecular flexibility index (Phi) is 4.33. The second kappa shape index (κ2) is 5.60. The molecule has 0 aliphatic rings. The van der Waals surface area contributed by atoms with Crippen molar-refractivity contribution in [1.82, 2.24) is 5.32 Å². The van der Waals surface area contributed by atoms with Crippen molar-refractivity contribution >= 4 is 0 Å². The van der Waals surface area contributed by atoms with Gasteiger partial charge in [-0.25, -0.2) is 5.32 Å². The Bertz CT molecular complexity index is 230. The molecule has 0 bridgehead atoms. The first-order valence-electron chi connectivity index (χ1n) is 4.74. The molecule has 0 aliphatic carbocycles. The summed E-state index contributed by atoms with van der Waals surface area (Å²) in [6.45, 7) is 3.97. The minimum absolute atomic E-state index is 0.328. The van der Waals surface area contributed by atoms with E-state index in [1.807, 2.05) is 12.1 Å². The van der Waals surface area contributed by atoms with Crippen LogP contribution in [0.3, 0.4) is 0 Å². The second-order valence-electron chi connectivity index (χ2n) is 3.09. The van der Waals surface area contributed by atoms with E-state index in [9.17, 15) is 0 Å². The highest BCUT2D eigenvalue weighted by atomic mass is 16.3. The zero-order valence-electron chi connectivity index (χ0n) is 8.03. The van der Waals surface area contributed by atoms with Gasteiger partial charge in [0.1, 0.15) is 5.75 Å². The summed E-state index contributed by atoms with van der Waals surface area (Å²) in [5, 5.41) is 13.4. The van der Waals surface area contributed by atoms with Gasteiger partial charge in [-0.2, -0.15) is 0 Å². The smallest absolute Gasteiger partial charge is 0.115 e. The molecule has 0 unspecified atom stereocenters. The van der Waals surface area contributed by atoms with Crippen LogP contribution in [0.1, 0.15) is 18.9 Å². The summed E-state index contributed by atoms with van der Waals surface area (Å²) in [6, 6.07) is 7.32. The van der Waals surface area contributed by atoms with E-state index < -0.39 is 0 Å². The molecule has 0 atom stereocenters. The van der Waals surface area contributed by atoms with Gasteiger partial charge >= 0.3 is 0 Å². The molecule has 1 N–H and O–H groups in total. The minimum atomic E-state index is 0.328. The molecule has 1 radical (unpaired) electrons. The van der Waals surface area contributed by atoms with Gasteiger partial charge in [-0.05, 0) is 30.5 Å². The third kappa shape index (κ3) is 3.95. The van der Waals surface area contributed by atoms with Crippen LogP contribution < -0.4 is 5.32 Å². The standard InChI is InChI=1S/C11H16NO/c1-2-8-12-9-7-10-3-5-11(13)6-4-10/h3-6,13H,2,7-9H2,1H3. The Morgan fingerprint density at radius 2 is 1.85 bits per heavy atom. The van der Waals surface area contributed by atoms with E-state index in [-0.39, 0.29) is 0 Å². The Balaban J connectivity index is 2.25. The van der Waals surface area contributed by atoms with Crippen LogP contribution >= 0.6 is 0 Å². The predicted octanol–water partition coefficient (Wildman–Crippen LogP) is 1.95. The molecular formula is C11H16NO. The summed E-state index contributed by atoms with van der Waals surface area (Å²) in [7, 11) is 0. The van der Waals surface area contributed by atoms with Crippen LogP contribution in [0, 0.1) is 0 Å². The largest absolute Gasteiger partial charge is 0.508 e. The predicted molar refractivity (Wildman–Crippen MR) is 54.0 cm³/mol. The summed E-state index contributed by atoms with van der Waals surface area (Å²) in [5.41, 5.74) is 1.23. The Labute approximate surface area is 79.6 Å². The zero-order chi connectivity index (χ0) is 9.52. The number of rotatable bonds is 5. The molecule has 2 heteroatoms. The first-order valence-corrected chi connectivity index (χ1v) is 4.74. The molecule has 1 aromatic rings. The maximum absolute atomic E-state index is 9.04. The van der Waals surface area contributed by atoms with Gasteiger partial charge in [-0.1, -0.05) is 19.1 Å². The van der Waals surface area contributed by atoms with E-state index in [1.54, 1.807) is 12.1 Å². The van der Waals surface area contributed by atoms with Crippen molar-refractivity contribution in [2.24, 2.45) is 0 Å². The average Bonchev–Trinajstić information content (AvgIpc) is 2.15. The van der Waals surface area contributed by atoms with Gasteiger partial charge in [-0.15, -0.1) is 0 Å². The van der Waals surface area contributed by atoms with E-state index in [4.69, 9.17) is 5.11 Å². The highest BCUT2D eigenvalue weighted by Gasteiger charge is 1.93. The van der Waals surface area contributed by atoms with Crippen molar-refractivity contribution in [3.63, 3.8) is 0 Å². The van der Waals surface area contributed by atoms with Crippen molar-refractivity contribution in [1.29, 1.82) is 0 Å². The third-order valence-electron chi connectivity index (χ3n) is 1.88. The van der Waals surface area contributed by atoms with Crippen molar-refractivity contribution in [3.8, 4) is 5.75 Å². The minimum Gasteiger partial charge on any atom is -0.508 e. The van der Waals surface area contributed by atoms with Crippen LogP contribution in [0.5, 0.6) is 5.75 Å². The van der Waals surface area contributed by atoms with Crippen LogP contribution in [0.2, 0.25) is 0 Å². The molecule has 0 fully saturated rings. The van der Waals surface area contributed by atoms with Crippen molar-refractivity contribution in [2.75, 3.05) is 13.1 Å². The van der Waals surface area contributed by atoms with Gasteiger partial charge in [0.15, 0.2) is 0 Å². The van der Waals surface area contributed by atoms with Gasteiger partial charge in [0.05, 0.1) is 0 Å². The molecule has 0 aliphatic heterocycles. The van der Waals surface area contributed by atoms with Gasteiger partial charge in [-0.3, -0.25) is 0 Å². The fraction of sp³-hybridized carbons (Fsp3) is 0.455. The SMILES string of the molecule is CCC[N]CCc1ccc(O)cc1.